The number of likely N-dealkylation sites (tertiary alicyclic amines) is 1. The van der Waals surface area contributed by atoms with Crippen molar-refractivity contribution in [3.05, 3.63) is 22.1 Å². The third-order valence-electron chi connectivity index (χ3n) is 2.21. The van der Waals surface area contributed by atoms with Crippen molar-refractivity contribution >= 4 is 0 Å². The molecule has 0 amide bonds. The van der Waals surface area contributed by atoms with Crippen molar-refractivity contribution in [1.29, 1.82) is 0 Å². The van der Waals surface area contributed by atoms with Gasteiger partial charge in [0.05, 0.1) is 4.92 Å². The molecular weight excluding hydrogens is 170 g/mol. The quantitative estimate of drug-likeness (QED) is 0.512. The molecule has 1 saturated heterocycles. The predicted octanol–water partition coefficient (Wildman–Crippen LogP) is 0.897. The molecule has 0 spiro atoms. The Morgan fingerprint density at radius 1 is 1.31 bits per heavy atom. The molecule has 0 aromatic rings. The zero-order chi connectivity index (χ0) is 9.68. The normalized spacial score (nSPS) is 19.7. The van der Waals surface area contributed by atoms with E-state index in [9.17, 15) is 10.1 Å². The van der Waals surface area contributed by atoms with Gasteiger partial charge >= 0.3 is 0 Å². The minimum absolute atomic E-state index is 0.284. The van der Waals surface area contributed by atoms with Crippen molar-refractivity contribution in [2.24, 2.45) is 5.73 Å². The van der Waals surface area contributed by atoms with E-state index in [1.54, 1.807) is 0 Å². The Kier molecular flexibility index (Phi) is 3.54. The van der Waals surface area contributed by atoms with E-state index in [1.165, 1.54) is 12.8 Å². The Hall–Kier alpha value is -1.26. The first-order valence-corrected chi connectivity index (χ1v) is 4.56. The molecule has 2 N–H and O–H groups in total. The first kappa shape index (κ1) is 9.83. The number of rotatable bonds is 2. The van der Waals surface area contributed by atoms with Gasteiger partial charge in [-0.05, 0) is 12.8 Å². The van der Waals surface area contributed by atoms with Crippen molar-refractivity contribution in [3.63, 3.8) is 0 Å². The van der Waals surface area contributed by atoms with Crippen molar-refractivity contribution in [2.75, 3.05) is 13.1 Å². The molecule has 1 rings (SSSR count). The summed E-state index contributed by atoms with van der Waals surface area (Å²) < 4.78 is 0. The molecule has 0 saturated carbocycles. The molecule has 0 aliphatic carbocycles. The summed E-state index contributed by atoms with van der Waals surface area (Å²) in [6, 6.07) is 0. The lowest BCUT2D eigenvalue weighted by molar-refractivity contribution is -0.404. The van der Waals surface area contributed by atoms with E-state index in [4.69, 9.17) is 5.73 Å². The van der Waals surface area contributed by atoms with Gasteiger partial charge in [0.25, 0.3) is 6.20 Å². The lowest BCUT2D eigenvalue weighted by Gasteiger charge is -2.20. The van der Waals surface area contributed by atoms with Crippen LogP contribution in [-0.4, -0.2) is 22.9 Å². The van der Waals surface area contributed by atoms with Gasteiger partial charge < -0.3 is 10.6 Å². The van der Waals surface area contributed by atoms with E-state index in [-0.39, 0.29) is 5.82 Å². The predicted molar refractivity (Wildman–Crippen MR) is 49.3 cm³/mol. The Labute approximate surface area is 77.4 Å². The highest BCUT2D eigenvalue weighted by atomic mass is 16.6. The smallest absolute Gasteiger partial charge is 0.274 e. The zero-order valence-corrected chi connectivity index (χ0v) is 7.61. The Balaban J connectivity index is 2.53. The summed E-state index contributed by atoms with van der Waals surface area (Å²) >= 11 is 0. The standard InChI is InChI=1S/C8H15N3O2/c9-8(7-11(12)13)10-5-3-1-2-4-6-10/h7H,1-6,9H2. The maximum atomic E-state index is 10.2. The third-order valence-corrected chi connectivity index (χ3v) is 2.21. The molecule has 0 radical (unpaired) electrons. The lowest BCUT2D eigenvalue weighted by atomic mass is 10.2. The molecule has 1 aliphatic rings. The molecule has 5 nitrogen and oxygen atoms in total. The van der Waals surface area contributed by atoms with E-state index >= 15 is 0 Å². The van der Waals surface area contributed by atoms with Gasteiger partial charge in [0.2, 0.25) is 0 Å². The van der Waals surface area contributed by atoms with Crippen molar-refractivity contribution in [1.82, 2.24) is 4.90 Å². The van der Waals surface area contributed by atoms with Gasteiger partial charge in [-0.3, -0.25) is 10.1 Å². The average molecular weight is 185 g/mol. The topological polar surface area (TPSA) is 72.4 Å². The minimum Gasteiger partial charge on any atom is -0.380 e. The maximum Gasteiger partial charge on any atom is 0.274 e. The lowest BCUT2D eigenvalue weighted by Crippen LogP contribution is -2.29. The van der Waals surface area contributed by atoms with Crippen LogP contribution in [0.15, 0.2) is 12.0 Å². The van der Waals surface area contributed by atoms with Crippen LogP contribution in [-0.2, 0) is 0 Å². The SMILES string of the molecule is NC(=C[N+](=O)[O-])N1CCCCCC1. The second-order valence-electron chi connectivity index (χ2n) is 3.24. The van der Waals surface area contributed by atoms with Gasteiger partial charge in [-0.15, -0.1) is 0 Å². The van der Waals surface area contributed by atoms with Crippen LogP contribution in [0.4, 0.5) is 0 Å². The molecule has 0 atom stereocenters. The largest absolute Gasteiger partial charge is 0.380 e. The summed E-state index contributed by atoms with van der Waals surface area (Å²) in [5.41, 5.74) is 5.56. The summed E-state index contributed by atoms with van der Waals surface area (Å²) in [5, 5.41) is 10.2. The fourth-order valence-corrected chi connectivity index (χ4v) is 1.52. The molecule has 0 unspecified atom stereocenters. The number of hydrogen-bond donors (Lipinski definition) is 1. The van der Waals surface area contributed by atoms with Crippen LogP contribution in [0, 0.1) is 10.1 Å². The van der Waals surface area contributed by atoms with E-state index in [1.807, 2.05) is 4.90 Å². The summed E-state index contributed by atoms with van der Waals surface area (Å²) in [5.74, 6) is 0.284. The molecule has 13 heavy (non-hydrogen) atoms. The van der Waals surface area contributed by atoms with Crippen LogP contribution in [0.1, 0.15) is 25.7 Å². The molecule has 0 aromatic carbocycles. The molecule has 5 heteroatoms. The molecule has 1 aliphatic heterocycles. The van der Waals surface area contributed by atoms with Gasteiger partial charge in [0.1, 0.15) is 0 Å². The first-order chi connectivity index (χ1) is 6.20. The Bertz CT molecular complexity index is 207. The number of nitrogens with zero attached hydrogens (tertiary/aromatic N) is 2. The Morgan fingerprint density at radius 2 is 1.85 bits per heavy atom. The zero-order valence-electron chi connectivity index (χ0n) is 7.61. The van der Waals surface area contributed by atoms with Crippen LogP contribution < -0.4 is 5.73 Å². The van der Waals surface area contributed by atoms with Crippen molar-refractivity contribution in [3.8, 4) is 0 Å². The molecule has 1 fully saturated rings. The fraction of sp³-hybridized carbons (Fsp3) is 0.750. The van der Waals surface area contributed by atoms with Crippen LogP contribution >= 0.6 is 0 Å². The maximum absolute atomic E-state index is 10.2. The van der Waals surface area contributed by atoms with Crippen molar-refractivity contribution < 1.29 is 4.92 Å². The van der Waals surface area contributed by atoms with Gasteiger partial charge in [-0.25, -0.2) is 0 Å². The summed E-state index contributed by atoms with van der Waals surface area (Å²) in [4.78, 5) is 11.5. The monoisotopic (exact) mass is 185 g/mol. The summed E-state index contributed by atoms with van der Waals surface area (Å²) in [7, 11) is 0. The summed E-state index contributed by atoms with van der Waals surface area (Å²) in [6.07, 6.45) is 5.42. The highest BCUT2D eigenvalue weighted by molar-refractivity contribution is 4.91. The molecule has 1 heterocycles. The van der Waals surface area contributed by atoms with E-state index < -0.39 is 4.92 Å². The first-order valence-electron chi connectivity index (χ1n) is 4.56. The van der Waals surface area contributed by atoms with Crippen LogP contribution in [0.25, 0.3) is 0 Å². The van der Waals surface area contributed by atoms with Gasteiger partial charge in [-0.2, -0.15) is 0 Å². The van der Waals surface area contributed by atoms with E-state index in [0.29, 0.717) is 0 Å². The Morgan fingerprint density at radius 3 is 2.31 bits per heavy atom. The number of nitro groups is 1. The molecule has 0 bridgehead atoms. The second-order valence-corrected chi connectivity index (χ2v) is 3.24. The highest BCUT2D eigenvalue weighted by Gasteiger charge is 2.11. The minimum atomic E-state index is -0.500. The summed E-state index contributed by atoms with van der Waals surface area (Å²) in [6.45, 7) is 1.69. The number of nitrogens with two attached hydrogens (primary N) is 1. The highest BCUT2D eigenvalue weighted by Crippen LogP contribution is 2.11. The molecular formula is C8H15N3O2. The fourth-order valence-electron chi connectivity index (χ4n) is 1.52. The average Bonchev–Trinajstić information content (AvgIpc) is 2.29. The number of hydrogen-bond acceptors (Lipinski definition) is 4. The van der Waals surface area contributed by atoms with E-state index in [0.717, 1.165) is 32.1 Å². The van der Waals surface area contributed by atoms with Crippen LogP contribution in [0.3, 0.4) is 0 Å². The van der Waals surface area contributed by atoms with Crippen molar-refractivity contribution in [2.45, 2.75) is 25.7 Å². The van der Waals surface area contributed by atoms with Gasteiger partial charge in [0.15, 0.2) is 5.82 Å². The van der Waals surface area contributed by atoms with Gasteiger partial charge in [0, 0.05) is 13.1 Å². The second kappa shape index (κ2) is 4.69. The molecule has 74 valence electrons. The van der Waals surface area contributed by atoms with Crippen LogP contribution in [0.2, 0.25) is 0 Å². The van der Waals surface area contributed by atoms with Gasteiger partial charge in [-0.1, -0.05) is 12.8 Å². The third kappa shape index (κ3) is 3.31. The van der Waals surface area contributed by atoms with E-state index in [2.05, 4.69) is 0 Å². The van der Waals surface area contributed by atoms with Crippen LogP contribution in [0.5, 0.6) is 0 Å². The molecule has 0 aromatic heterocycles.